The van der Waals surface area contributed by atoms with Crippen LogP contribution in [-0.2, 0) is 14.4 Å². The number of ether oxygens (including phenoxy) is 1. The molecular formula is C15H18ClNO6. The first-order valence-corrected chi connectivity index (χ1v) is 7.38. The minimum absolute atomic E-state index is 0.0278. The molecule has 0 fully saturated rings. The molecule has 0 saturated heterocycles. The predicted molar refractivity (Wildman–Crippen MR) is 82.6 cm³/mol. The Labute approximate surface area is 138 Å². The first-order valence-electron chi connectivity index (χ1n) is 7.01. The molecule has 0 bridgehead atoms. The van der Waals surface area contributed by atoms with Crippen LogP contribution in [0.2, 0.25) is 5.02 Å². The van der Waals surface area contributed by atoms with Gasteiger partial charge in [0, 0.05) is 11.4 Å². The van der Waals surface area contributed by atoms with Gasteiger partial charge in [0.25, 0.3) is 5.91 Å². The number of amides is 1. The van der Waals surface area contributed by atoms with Crippen LogP contribution in [0.1, 0.15) is 25.7 Å². The molecule has 1 rings (SSSR count). The number of carboxylic acids is 2. The number of aliphatic carboxylic acids is 2. The second kappa shape index (κ2) is 9.68. The molecule has 0 radical (unpaired) electrons. The van der Waals surface area contributed by atoms with Crippen molar-refractivity contribution in [3.63, 3.8) is 0 Å². The fourth-order valence-electron chi connectivity index (χ4n) is 1.80. The van der Waals surface area contributed by atoms with E-state index in [1.807, 2.05) is 0 Å². The summed E-state index contributed by atoms with van der Waals surface area (Å²) in [7, 11) is 0. The van der Waals surface area contributed by atoms with Crippen LogP contribution < -0.4 is 10.1 Å². The Morgan fingerprint density at radius 2 is 1.78 bits per heavy atom. The van der Waals surface area contributed by atoms with Gasteiger partial charge in [-0.15, -0.1) is 0 Å². The SMILES string of the molecule is O=C(O)CCCCC(NC(=O)COc1ccc(Cl)cc1)C(=O)O. The fraction of sp³-hybridized carbons (Fsp3) is 0.400. The number of rotatable bonds is 10. The summed E-state index contributed by atoms with van der Waals surface area (Å²) < 4.78 is 5.22. The zero-order valence-electron chi connectivity index (χ0n) is 12.3. The molecule has 1 aromatic carbocycles. The highest BCUT2D eigenvalue weighted by Gasteiger charge is 2.19. The average Bonchev–Trinajstić information content (AvgIpc) is 2.49. The van der Waals surface area contributed by atoms with Crippen LogP contribution in [0.15, 0.2) is 24.3 Å². The number of carbonyl (C=O) groups excluding carboxylic acids is 1. The number of nitrogens with one attached hydrogen (secondary N) is 1. The molecule has 7 nitrogen and oxygen atoms in total. The van der Waals surface area contributed by atoms with E-state index in [-0.39, 0.29) is 19.4 Å². The van der Waals surface area contributed by atoms with Gasteiger partial charge >= 0.3 is 11.9 Å². The Morgan fingerprint density at radius 1 is 1.13 bits per heavy atom. The van der Waals surface area contributed by atoms with Crippen molar-refractivity contribution in [2.24, 2.45) is 0 Å². The molecule has 0 aliphatic rings. The zero-order chi connectivity index (χ0) is 17.2. The predicted octanol–water partition coefficient (Wildman–Crippen LogP) is 1.93. The third-order valence-corrected chi connectivity index (χ3v) is 3.20. The molecule has 0 aliphatic carbocycles. The highest BCUT2D eigenvalue weighted by molar-refractivity contribution is 6.30. The van der Waals surface area contributed by atoms with Gasteiger partial charge < -0.3 is 20.3 Å². The molecule has 0 aromatic heterocycles. The second-order valence-corrected chi connectivity index (χ2v) is 5.28. The van der Waals surface area contributed by atoms with Gasteiger partial charge in [-0.25, -0.2) is 4.79 Å². The molecular weight excluding hydrogens is 326 g/mol. The van der Waals surface area contributed by atoms with Crippen LogP contribution in [0.4, 0.5) is 0 Å². The lowest BCUT2D eigenvalue weighted by Gasteiger charge is -2.14. The Hall–Kier alpha value is -2.28. The van der Waals surface area contributed by atoms with Gasteiger partial charge in [-0.1, -0.05) is 18.0 Å². The largest absolute Gasteiger partial charge is 0.484 e. The van der Waals surface area contributed by atoms with Gasteiger partial charge in [-0.2, -0.15) is 0 Å². The van der Waals surface area contributed by atoms with Gasteiger partial charge in [-0.3, -0.25) is 9.59 Å². The molecule has 1 amide bonds. The van der Waals surface area contributed by atoms with Crippen molar-refractivity contribution in [2.45, 2.75) is 31.7 Å². The lowest BCUT2D eigenvalue weighted by molar-refractivity contribution is -0.142. The molecule has 8 heteroatoms. The monoisotopic (exact) mass is 343 g/mol. The van der Waals surface area contributed by atoms with Crippen molar-refractivity contribution in [2.75, 3.05) is 6.61 Å². The van der Waals surface area contributed by atoms with Crippen LogP contribution in [0.5, 0.6) is 5.75 Å². The standard InChI is InChI=1S/C15H18ClNO6/c16-10-5-7-11(8-6-10)23-9-13(18)17-12(15(21)22)3-1-2-4-14(19)20/h5-8,12H,1-4,9H2,(H,17,18)(H,19,20)(H,21,22). The highest BCUT2D eigenvalue weighted by Crippen LogP contribution is 2.15. The van der Waals surface area contributed by atoms with E-state index in [2.05, 4.69) is 5.32 Å². The van der Waals surface area contributed by atoms with E-state index in [1.54, 1.807) is 24.3 Å². The smallest absolute Gasteiger partial charge is 0.326 e. The maximum atomic E-state index is 11.7. The van der Waals surface area contributed by atoms with E-state index in [4.69, 9.17) is 26.6 Å². The second-order valence-electron chi connectivity index (χ2n) is 4.84. The molecule has 0 aliphatic heterocycles. The van der Waals surface area contributed by atoms with Gasteiger partial charge in [0.1, 0.15) is 11.8 Å². The topological polar surface area (TPSA) is 113 Å². The lowest BCUT2D eigenvalue weighted by atomic mass is 10.1. The summed E-state index contributed by atoms with van der Waals surface area (Å²) in [4.78, 5) is 33.2. The number of carbonyl (C=O) groups is 3. The molecule has 1 unspecified atom stereocenters. The minimum Gasteiger partial charge on any atom is -0.484 e. The first kappa shape index (κ1) is 18.8. The highest BCUT2D eigenvalue weighted by atomic mass is 35.5. The third-order valence-electron chi connectivity index (χ3n) is 2.95. The normalized spacial score (nSPS) is 11.5. The van der Waals surface area contributed by atoms with E-state index in [9.17, 15) is 14.4 Å². The van der Waals surface area contributed by atoms with E-state index >= 15 is 0 Å². The molecule has 1 aromatic rings. The average molecular weight is 344 g/mol. The maximum Gasteiger partial charge on any atom is 0.326 e. The van der Waals surface area contributed by atoms with Crippen LogP contribution in [-0.4, -0.2) is 40.7 Å². The van der Waals surface area contributed by atoms with Gasteiger partial charge in [-0.05, 0) is 37.1 Å². The molecule has 0 spiro atoms. The molecule has 1 atom stereocenters. The fourth-order valence-corrected chi connectivity index (χ4v) is 1.92. The van der Waals surface area contributed by atoms with Crippen LogP contribution in [0, 0.1) is 0 Å². The molecule has 0 saturated carbocycles. The molecule has 0 heterocycles. The van der Waals surface area contributed by atoms with Gasteiger partial charge in [0.2, 0.25) is 0 Å². The number of hydrogen-bond donors (Lipinski definition) is 3. The molecule has 3 N–H and O–H groups in total. The van der Waals surface area contributed by atoms with E-state index < -0.39 is 23.9 Å². The Kier molecular flexibility index (Phi) is 7.90. The Bertz CT molecular complexity index is 545. The van der Waals surface area contributed by atoms with Crippen LogP contribution in [0.25, 0.3) is 0 Å². The third kappa shape index (κ3) is 8.06. The number of benzene rings is 1. The van der Waals surface area contributed by atoms with E-state index in [0.29, 0.717) is 23.6 Å². The Balaban J connectivity index is 2.36. The summed E-state index contributed by atoms with van der Waals surface area (Å²) in [6, 6.07) is 5.34. The quantitative estimate of drug-likeness (QED) is 0.559. The van der Waals surface area contributed by atoms with Crippen molar-refractivity contribution >= 4 is 29.4 Å². The maximum absolute atomic E-state index is 11.7. The number of halogens is 1. The zero-order valence-corrected chi connectivity index (χ0v) is 13.1. The number of unbranched alkanes of at least 4 members (excludes halogenated alkanes) is 1. The number of carboxylic acid groups (broad SMARTS) is 2. The summed E-state index contributed by atoms with van der Waals surface area (Å²) >= 11 is 5.72. The summed E-state index contributed by atoms with van der Waals surface area (Å²) in [5, 5.41) is 20.5. The van der Waals surface area contributed by atoms with E-state index in [1.165, 1.54) is 0 Å². The van der Waals surface area contributed by atoms with E-state index in [0.717, 1.165) is 0 Å². The van der Waals surface area contributed by atoms with Crippen molar-refractivity contribution in [1.29, 1.82) is 0 Å². The summed E-state index contributed by atoms with van der Waals surface area (Å²) in [5.41, 5.74) is 0. The summed E-state index contributed by atoms with van der Waals surface area (Å²) in [6.45, 7) is -0.319. The van der Waals surface area contributed by atoms with Crippen molar-refractivity contribution in [3.8, 4) is 5.75 Å². The lowest BCUT2D eigenvalue weighted by Crippen LogP contribution is -2.42. The van der Waals surface area contributed by atoms with Crippen molar-refractivity contribution in [1.82, 2.24) is 5.32 Å². The van der Waals surface area contributed by atoms with Gasteiger partial charge in [0.15, 0.2) is 6.61 Å². The minimum atomic E-state index is -1.17. The van der Waals surface area contributed by atoms with Crippen LogP contribution in [0.3, 0.4) is 0 Å². The summed E-state index contributed by atoms with van der Waals surface area (Å²) in [6.07, 6.45) is 0.882. The summed E-state index contributed by atoms with van der Waals surface area (Å²) in [5.74, 6) is -2.22. The Morgan fingerprint density at radius 3 is 2.35 bits per heavy atom. The molecule has 126 valence electrons. The van der Waals surface area contributed by atoms with Crippen molar-refractivity contribution in [3.05, 3.63) is 29.3 Å². The first-order chi connectivity index (χ1) is 10.9. The number of hydrogen-bond acceptors (Lipinski definition) is 4. The molecule has 23 heavy (non-hydrogen) atoms. The van der Waals surface area contributed by atoms with Crippen molar-refractivity contribution < 1.29 is 29.3 Å². The van der Waals surface area contributed by atoms with Gasteiger partial charge in [0.05, 0.1) is 0 Å². The van der Waals surface area contributed by atoms with Crippen LogP contribution >= 0.6 is 11.6 Å².